The summed E-state index contributed by atoms with van der Waals surface area (Å²) in [5.41, 5.74) is 4.76. The molecule has 6 nitrogen and oxygen atoms in total. The van der Waals surface area contributed by atoms with Gasteiger partial charge in [-0.25, -0.2) is 4.79 Å². The quantitative estimate of drug-likeness (QED) is 0.394. The number of rotatable bonds is 9. The van der Waals surface area contributed by atoms with Crippen molar-refractivity contribution in [2.24, 2.45) is 0 Å². The number of aliphatic carboxylic acids is 1. The number of carbonyl (C=O) groups is 1. The SMILES string of the molecule is CCCC(=C(c1ccc(O)cc1)c1ccc(O)cc1)c1ccc(OCC(=O)O)c(OC)c1. The van der Waals surface area contributed by atoms with Crippen LogP contribution >= 0.6 is 0 Å². The van der Waals surface area contributed by atoms with Gasteiger partial charge in [-0.1, -0.05) is 43.7 Å². The van der Waals surface area contributed by atoms with Crippen LogP contribution in [0.25, 0.3) is 11.1 Å². The van der Waals surface area contributed by atoms with Crippen LogP contribution in [0.1, 0.15) is 36.5 Å². The van der Waals surface area contributed by atoms with Crippen LogP contribution in [0.5, 0.6) is 23.0 Å². The average Bonchev–Trinajstić information content (AvgIpc) is 2.79. The van der Waals surface area contributed by atoms with E-state index in [2.05, 4.69) is 6.92 Å². The normalized spacial score (nSPS) is 10.4. The molecule has 0 radical (unpaired) electrons. The number of methoxy groups -OCH3 is 1. The van der Waals surface area contributed by atoms with E-state index in [0.29, 0.717) is 11.5 Å². The van der Waals surface area contributed by atoms with Crippen molar-refractivity contribution in [2.45, 2.75) is 19.8 Å². The van der Waals surface area contributed by atoms with Crippen LogP contribution in [0, 0.1) is 0 Å². The van der Waals surface area contributed by atoms with Crippen LogP contribution in [0.4, 0.5) is 0 Å². The molecule has 166 valence electrons. The first-order valence-corrected chi connectivity index (χ1v) is 10.3. The average molecular weight is 434 g/mol. The number of aromatic hydroxyl groups is 2. The summed E-state index contributed by atoms with van der Waals surface area (Å²) >= 11 is 0. The molecular formula is C26H26O6. The minimum Gasteiger partial charge on any atom is -0.508 e. The largest absolute Gasteiger partial charge is 0.508 e. The van der Waals surface area contributed by atoms with E-state index in [1.807, 2.05) is 36.4 Å². The molecule has 3 aromatic carbocycles. The Hall–Kier alpha value is -3.93. The van der Waals surface area contributed by atoms with E-state index in [1.165, 1.54) is 7.11 Å². The number of hydrogen-bond donors (Lipinski definition) is 3. The molecule has 0 aromatic heterocycles. The van der Waals surface area contributed by atoms with Crippen molar-refractivity contribution in [1.29, 1.82) is 0 Å². The Kier molecular flexibility index (Phi) is 7.39. The minimum absolute atomic E-state index is 0.178. The van der Waals surface area contributed by atoms with Crippen molar-refractivity contribution in [3.05, 3.63) is 83.4 Å². The number of carboxylic acid groups (broad SMARTS) is 1. The molecule has 0 saturated heterocycles. The third-order valence-corrected chi connectivity index (χ3v) is 4.98. The molecule has 3 N–H and O–H groups in total. The second-order valence-corrected chi connectivity index (χ2v) is 7.25. The highest BCUT2D eigenvalue weighted by atomic mass is 16.5. The second kappa shape index (κ2) is 10.4. The summed E-state index contributed by atoms with van der Waals surface area (Å²) in [5, 5.41) is 28.4. The summed E-state index contributed by atoms with van der Waals surface area (Å²) < 4.78 is 10.8. The summed E-state index contributed by atoms with van der Waals surface area (Å²) in [4.78, 5) is 10.9. The lowest BCUT2D eigenvalue weighted by molar-refractivity contribution is -0.139. The van der Waals surface area contributed by atoms with E-state index in [0.717, 1.165) is 40.7 Å². The summed E-state index contributed by atoms with van der Waals surface area (Å²) in [6.45, 7) is 1.63. The van der Waals surface area contributed by atoms with Crippen LogP contribution < -0.4 is 9.47 Å². The van der Waals surface area contributed by atoms with E-state index in [-0.39, 0.29) is 11.5 Å². The van der Waals surface area contributed by atoms with Gasteiger partial charge in [0.15, 0.2) is 18.1 Å². The first kappa shape index (κ1) is 22.7. The molecule has 32 heavy (non-hydrogen) atoms. The van der Waals surface area contributed by atoms with Gasteiger partial charge in [-0.3, -0.25) is 0 Å². The zero-order valence-corrected chi connectivity index (χ0v) is 18.0. The number of carboxylic acids is 1. The molecule has 0 aliphatic heterocycles. The Balaban J connectivity index is 2.21. The lowest BCUT2D eigenvalue weighted by Crippen LogP contribution is -2.10. The third kappa shape index (κ3) is 5.40. The number of hydrogen-bond acceptors (Lipinski definition) is 5. The summed E-state index contributed by atoms with van der Waals surface area (Å²) in [6.07, 6.45) is 1.64. The number of phenols is 2. The van der Waals surface area contributed by atoms with Crippen molar-refractivity contribution in [3.8, 4) is 23.0 Å². The molecule has 3 aromatic rings. The maximum Gasteiger partial charge on any atom is 0.341 e. The predicted octanol–water partition coefficient (Wildman–Crippen LogP) is 5.33. The summed E-state index contributed by atoms with van der Waals surface area (Å²) in [7, 11) is 1.51. The number of phenolic OH excluding ortho intramolecular Hbond substituents is 2. The van der Waals surface area contributed by atoms with Crippen LogP contribution in [0.15, 0.2) is 66.7 Å². The molecular weight excluding hydrogens is 408 g/mol. The number of ether oxygens (including phenoxy) is 2. The van der Waals surface area contributed by atoms with Gasteiger partial charge in [0.1, 0.15) is 11.5 Å². The van der Waals surface area contributed by atoms with E-state index < -0.39 is 12.6 Å². The molecule has 0 amide bonds. The number of allylic oxidation sites excluding steroid dienone is 1. The van der Waals surface area contributed by atoms with E-state index >= 15 is 0 Å². The third-order valence-electron chi connectivity index (χ3n) is 4.98. The summed E-state index contributed by atoms with van der Waals surface area (Å²) in [6, 6.07) is 19.4. The van der Waals surface area contributed by atoms with Gasteiger partial charge in [0.05, 0.1) is 7.11 Å². The fraction of sp³-hybridized carbons (Fsp3) is 0.192. The van der Waals surface area contributed by atoms with Gasteiger partial charge >= 0.3 is 5.97 Å². The van der Waals surface area contributed by atoms with Gasteiger partial charge in [-0.2, -0.15) is 0 Å². The van der Waals surface area contributed by atoms with Crippen LogP contribution in [0.3, 0.4) is 0 Å². The van der Waals surface area contributed by atoms with Crippen molar-refractivity contribution in [1.82, 2.24) is 0 Å². The Morgan fingerprint density at radius 1 is 0.812 bits per heavy atom. The van der Waals surface area contributed by atoms with Gasteiger partial charge in [0.2, 0.25) is 0 Å². The fourth-order valence-electron chi connectivity index (χ4n) is 3.55. The molecule has 0 fully saturated rings. The molecule has 0 bridgehead atoms. The minimum atomic E-state index is -1.07. The topological polar surface area (TPSA) is 96.2 Å². The maximum atomic E-state index is 10.9. The Labute approximate surface area is 187 Å². The highest BCUT2D eigenvalue weighted by molar-refractivity contribution is 5.99. The molecule has 0 unspecified atom stereocenters. The zero-order chi connectivity index (χ0) is 23.1. The lowest BCUT2D eigenvalue weighted by atomic mass is 9.87. The van der Waals surface area contributed by atoms with Crippen LogP contribution in [-0.4, -0.2) is 35.0 Å². The van der Waals surface area contributed by atoms with Crippen LogP contribution in [-0.2, 0) is 4.79 Å². The molecule has 0 atom stereocenters. The maximum absolute atomic E-state index is 10.9. The van der Waals surface area contributed by atoms with Crippen molar-refractivity contribution in [2.75, 3.05) is 13.7 Å². The van der Waals surface area contributed by atoms with Gasteiger partial charge < -0.3 is 24.8 Å². The van der Waals surface area contributed by atoms with E-state index in [4.69, 9.17) is 14.6 Å². The zero-order valence-electron chi connectivity index (χ0n) is 18.0. The van der Waals surface area contributed by atoms with Crippen molar-refractivity contribution >= 4 is 17.1 Å². The Morgan fingerprint density at radius 2 is 1.34 bits per heavy atom. The van der Waals surface area contributed by atoms with Gasteiger partial charge in [-0.15, -0.1) is 0 Å². The van der Waals surface area contributed by atoms with Crippen molar-refractivity contribution in [3.63, 3.8) is 0 Å². The smallest absolute Gasteiger partial charge is 0.341 e. The number of benzene rings is 3. The lowest BCUT2D eigenvalue weighted by Gasteiger charge is -2.19. The molecule has 3 rings (SSSR count). The van der Waals surface area contributed by atoms with Gasteiger partial charge in [0.25, 0.3) is 0 Å². The van der Waals surface area contributed by atoms with Crippen LogP contribution in [0.2, 0.25) is 0 Å². The molecule has 0 aliphatic rings. The van der Waals surface area contributed by atoms with E-state index in [9.17, 15) is 15.0 Å². The Bertz CT molecular complexity index is 1050. The van der Waals surface area contributed by atoms with E-state index in [1.54, 1.807) is 30.3 Å². The molecule has 6 heteroatoms. The highest BCUT2D eigenvalue weighted by Crippen LogP contribution is 2.39. The van der Waals surface area contributed by atoms with Gasteiger partial charge in [0, 0.05) is 0 Å². The summed E-state index contributed by atoms with van der Waals surface area (Å²) in [5.74, 6) is 0.0815. The molecule has 0 spiro atoms. The standard InChI is InChI=1S/C26H26O6/c1-3-4-22(19-9-14-23(24(15-19)31-2)32-16-25(29)30)26(17-5-10-20(27)11-6-17)18-7-12-21(28)13-8-18/h5-15,27-28H,3-4,16H2,1-2H3,(H,29,30). The molecule has 0 heterocycles. The second-order valence-electron chi connectivity index (χ2n) is 7.25. The molecule has 0 saturated carbocycles. The van der Waals surface area contributed by atoms with Crippen molar-refractivity contribution < 1.29 is 29.6 Å². The fourth-order valence-corrected chi connectivity index (χ4v) is 3.55. The van der Waals surface area contributed by atoms with Gasteiger partial charge in [-0.05, 0) is 70.7 Å². The highest BCUT2D eigenvalue weighted by Gasteiger charge is 2.16. The monoisotopic (exact) mass is 434 g/mol. The first-order valence-electron chi connectivity index (χ1n) is 10.3. The molecule has 0 aliphatic carbocycles. The predicted molar refractivity (Wildman–Crippen MR) is 123 cm³/mol. The first-order chi connectivity index (χ1) is 15.4. The Morgan fingerprint density at radius 3 is 1.81 bits per heavy atom.